The Balaban J connectivity index is 1.98. The fourth-order valence-electron chi connectivity index (χ4n) is 4.92. The summed E-state index contributed by atoms with van der Waals surface area (Å²) in [5, 5.41) is 6.17. The van der Waals surface area contributed by atoms with Crippen molar-refractivity contribution in [1.29, 1.82) is 0 Å². The van der Waals surface area contributed by atoms with Gasteiger partial charge in [-0.05, 0) is 50.1 Å². The van der Waals surface area contributed by atoms with Crippen molar-refractivity contribution in [2.45, 2.75) is 25.7 Å². The maximum atomic E-state index is 12.6. The van der Waals surface area contributed by atoms with Crippen LogP contribution in [0.25, 0.3) is 0 Å². The number of carbonyl (C=O) groups excluding carboxylic acids is 1. The van der Waals surface area contributed by atoms with Gasteiger partial charge in [0.1, 0.15) is 0 Å². The van der Waals surface area contributed by atoms with Crippen LogP contribution in [0, 0.1) is 16.7 Å². The molecule has 2 aliphatic heterocycles. The van der Waals surface area contributed by atoms with Gasteiger partial charge in [0.2, 0.25) is 15.9 Å². The van der Waals surface area contributed by atoms with Crippen LogP contribution in [0.1, 0.15) is 25.7 Å². The summed E-state index contributed by atoms with van der Waals surface area (Å²) in [5.74, 6) is 0.177. The predicted molar refractivity (Wildman–Crippen MR) is 80.2 cm³/mol. The molecule has 3 aliphatic rings. The second kappa shape index (κ2) is 4.93. The van der Waals surface area contributed by atoms with Crippen molar-refractivity contribution in [3.63, 3.8) is 0 Å². The Kier molecular flexibility index (Phi) is 3.58. The maximum absolute atomic E-state index is 12.6. The quantitative estimate of drug-likeness (QED) is 0.738. The molecule has 7 heteroatoms. The van der Waals surface area contributed by atoms with Gasteiger partial charge in [0, 0.05) is 20.1 Å². The molecule has 2 atom stereocenters. The molecule has 2 saturated heterocycles. The van der Waals surface area contributed by atoms with Crippen LogP contribution in [0.2, 0.25) is 0 Å². The lowest BCUT2D eigenvalue weighted by atomic mass is 9.66. The average molecular weight is 315 g/mol. The first kappa shape index (κ1) is 15.2. The van der Waals surface area contributed by atoms with Crippen molar-refractivity contribution in [3.05, 3.63) is 0 Å². The fraction of sp³-hybridized carbons (Fsp3) is 0.929. The van der Waals surface area contributed by atoms with Gasteiger partial charge in [-0.25, -0.2) is 12.7 Å². The molecule has 0 aromatic carbocycles. The number of hydrogen-bond donors (Lipinski definition) is 2. The number of carbonyl (C=O) groups is 1. The fourth-order valence-corrected chi connectivity index (χ4v) is 5.80. The van der Waals surface area contributed by atoms with Crippen LogP contribution in [0.3, 0.4) is 0 Å². The van der Waals surface area contributed by atoms with Gasteiger partial charge in [0.25, 0.3) is 0 Å². The topological polar surface area (TPSA) is 78.5 Å². The number of amides is 1. The van der Waals surface area contributed by atoms with E-state index in [9.17, 15) is 13.2 Å². The van der Waals surface area contributed by atoms with E-state index >= 15 is 0 Å². The maximum Gasteiger partial charge on any atom is 0.227 e. The first-order chi connectivity index (χ1) is 9.84. The van der Waals surface area contributed by atoms with Crippen LogP contribution < -0.4 is 10.6 Å². The van der Waals surface area contributed by atoms with E-state index in [1.54, 1.807) is 7.05 Å². The molecule has 2 N–H and O–H groups in total. The van der Waals surface area contributed by atoms with Crippen LogP contribution in [0.4, 0.5) is 0 Å². The Bertz CT molecular complexity index is 542. The Morgan fingerprint density at radius 2 is 1.90 bits per heavy atom. The largest absolute Gasteiger partial charge is 0.359 e. The van der Waals surface area contributed by atoms with Crippen molar-refractivity contribution >= 4 is 15.9 Å². The van der Waals surface area contributed by atoms with E-state index in [-0.39, 0.29) is 17.2 Å². The van der Waals surface area contributed by atoms with Crippen LogP contribution in [0.15, 0.2) is 0 Å². The molecule has 1 aliphatic carbocycles. The molecule has 1 saturated carbocycles. The van der Waals surface area contributed by atoms with Crippen LogP contribution in [0.5, 0.6) is 0 Å². The SMILES string of the molecule is CNC(=O)[C@]12CCC3(CCNCC3)[C@H]1CN(S(C)(=O)=O)C2. The number of nitrogens with one attached hydrogen (secondary N) is 2. The van der Waals surface area contributed by atoms with Gasteiger partial charge in [-0.2, -0.15) is 0 Å². The van der Waals surface area contributed by atoms with Gasteiger partial charge in [0.15, 0.2) is 0 Å². The minimum Gasteiger partial charge on any atom is -0.359 e. The van der Waals surface area contributed by atoms with Crippen molar-refractivity contribution in [1.82, 2.24) is 14.9 Å². The molecule has 0 radical (unpaired) electrons. The molecule has 6 nitrogen and oxygen atoms in total. The van der Waals surface area contributed by atoms with Crippen molar-refractivity contribution in [2.75, 3.05) is 39.5 Å². The lowest BCUT2D eigenvalue weighted by Crippen LogP contribution is -2.47. The van der Waals surface area contributed by atoms with E-state index in [0.29, 0.717) is 13.1 Å². The van der Waals surface area contributed by atoms with Crippen LogP contribution in [-0.4, -0.2) is 58.1 Å². The summed E-state index contributed by atoms with van der Waals surface area (Å²) in [7, 11) is -1.58. The number of piperidine rings is 1. The van der Waals surface area contributed by atoms with Gasteiger partial charge in [-0.15, -0.1) is 0 Å². The Morgan fingerprint density at radius 1 is 1.24 bits per heavy atom. The van der Waals surface area contributed by atoms with E-state index in [0.717, 1.165) is 38.8 Å². The molecule has 21 heavy (non-hydrogen) atoms. The van der Waals surface area contributed by atoms with E-state index in [1.807, 2.05) is 0 Å². The molecule has 3 fully saturated rings. The number of fused-ring (bicyclic) bond motifs is 2. The third-order valence-corrected chi connectivity index (χ3v) is 7.28. The van der Waals surface area contributed by atoms with Gasteiger partial charge in [0.05, 0.1) is 11.7 Å². The molecular weight excluding hydrogens is 290 g/mol. The van der Waals surface area contributed by atoms with Crippen LogP contribution >= 0.6 is 0 Å². The third kappa shape index (κ3) is 2.21. The first-order valence-electron chi connectivity index (χ1n) is 7.72. The summed E-state index contributed by atoms with van der Waals surface area (Å²) in [5.41, 5.74) is -0.383. The highest BCUT2D eigenvalue weighted by molar-refractivity contribution is 7.88. The minimum atomic E-state index is -3.24. The summed E-state index contributed by atoms with van der Waals surface area (Å²) in [6, 6.07) is 0. The van der Waals surface area contributed by atoms with E-state index in [4.69, 9.17) is 0 Å². The third-order valence-electron chi connectivity index (χ3n) is 6.07. The number of nitrogens with zero attached hydrogens (tertiary/aromatic N) is 1. The Labute approximate surface area is 126 Å². The van der Waals surface area contributed by atoms with Gasteiger partial charge < -0.3 is 10.6 Å². The molecule has 120 valence electrons. The van der Waals surface area contributed by atoms with E-state index in [1.165, 1.54) is 10.6 Å². The van der Waals surface area contributed by atoms with Gasteiger partial charge in [-0.1, -0.05) is 0 Å². The molecular formula is C14H25N3O3S. The summed E-state index contributed by atoms with van der Waals surface area (Å²) in [6.07, 6.45) is 5.20. The lowest BCUT2D eigenvalue weighted by Gasteiger charge is -2.41. The number of hydrogen-bond acceptors (Lipinski definition) is 4. The van der Waals surface area contributed by atoms with E-state index < -0.39 is 15.4 Å². The Hall–Kier alpha value is -0.660. The summed E-state index contributed by atoms with van der Waals surface area (Å²) in [6.45, 7) is 2.80. The molecule has 3 rings (SSSR count). The van der Waals surface area contributed by atoms with E-state index in [2.05, 4.69) is 10.6 Å². The second-order valence-corrected chi connectivity index (χ2v) is 8.94. The highest BCUT2D eigenvalue weighted by atomic mass is 32.2. The molecule has 2 heterocycles. The molecule has 1 spiro atoms. The minimum absolute atomic E-state index is 0.0223. The Morgan fingerprint density at radius 3 is 2.48 bits per heavy atom. The van der Waals surface area contributed by atoms with Crippen LogP contribution in [-0.2, 0) is 14.8 Å². The smallest absolute Gasteiger partial charge is 0.227 e. The van der Waals surface area contributed by atoms with Crippen molar-refractivity contribution < 1.29 is 13.2 Å². The summed E-state index contributed by atoms with van der Waals surface area (Å²) >= 11 is 0. The van der Waals surface area contributed by atoms with Crippen molar-refractivity contribution in [3.8, 4) is 0 Å². The van der Waals surface area contributed by atoms with Gasteiger partial charge >= 0.3 is 0 Å². The zero-order valence-electron chi connectivity index (χ0n) is 12.8. The highest BCUT2D eigenvalue weighted by Gasteiger charge is 2.64. The zero-order chi connectivity index (χ0) is 15.3. The first-order valence-corrected chi connectivity index (χ1v) is 9.57. The van der Waals surface area contributed by atoms with Crippen molar-refractivity contribution in [2.24, 2.45) is 16.7 Å². The zero-order valence-corrected chi connectivity index (χ0v) is 13.6. The highest BCUT2D eigenvalue weighted by Crippen LogP contribution is 2.61. The normalized spacial score (nSPS) is 35.8. The molecule has 0 unspecified atom stereocenters. The molecule has 0 aromatic heterocycles. The molecule has 1 amide bonds. The summed E-state index contributed by atoms with van der Waals surface area (Å²) < 4.78 is 25.5. The number of sulfonamides is 1. The monoisotopic (exact) mass is 315 g/mol. The average Bonchev–Trinajstić information content (AvgIpc) is 2.97. The predicted octanol–water partition coefficient (Wildman–Crippen LogP) is -0.226. The lowest BCUT2D eigenvalue weighted by molar-refractivity contribution is -0.132. The standard InChI is InChI=1S/C14H25N3O3S/c1-15-12(18)14-4-3-13(5-7-16-8-6-13)11(14)9-17(10-14)21(2,19)20/h11,16H,3-10H2,1-2H3,(H,15,18)/t11-,14+/m1/s1. The molecule has 0 aromatic rings. The number of rotatable bonds is 2. The molecule has 0 bridgehead atoms. The second-order valence-electron chi connectivity index (χ2n) is 6.96. The van der Waals surface area contributed by atoms with Gasteiger partial charge in [-0.3, -0.25) is 4.79 Å². The summed E-state index contributed by atoms with van der Waals surface area (Å²) in [4.78, 5) is 12.6.